The van der Waals surface area contributed by atoms with Crippen molar-refractivity contribution in [1.82, 2.24) is 5.32 Å². The summed E-state index contributed by atoms with van der Waals surface area (Å²) in [6, 6.07) is 5.19. The maximum absolute atomic E-state index is 12.4. The summed E-state index contributed by atoms with van der Waals surface area (Å²) in [5.74, 6) is -2.77. The summed E-state index contributed by atoms with van der Waals surface area (Å²) < 4.78 is 0. The summed E-state index contributed by atoms with van der Waals surface area (Å²) in [6.45, 7) is 3.01. The van der Waals surface area contributed by atoms with E-state index in [9.17, 15) is 19.5 Å². The Hall–Kier alpha value is -2.21. The van der Waals surface area contributed by atoms with E-state index in [1.807, 2.05) is 6.92 Å². The molecule has 0 aromatic heterocycles. The predicted molar refractivity (Wildman–Crippen MR) is 71.4 cm³/mol. The van der Waals surface area contributed by atoms with Crippen molar-refractivity contribution >= 4 is 17.7 Å². The van der Waals surface area contributed by atoms with Gasteiger partial charge in [0.05, 0.1) is 0 Å². The molecule has 20 heavy (non-hydrogen) atoms. The lowest BCUT2D eigenvalue weighted by atomic mass is 9.94. The minimum Gasteiger partial charge on any atom is -0.479 e. The molecule has 2 atom stereocenters. The molecular weight excluding hydrogens is 262 g/mol. The quantitative estimate of drug-likeness (QED) is 0.653. The Morgan fingerprint density at radius 2 is 1.85 bits per heavy atom. The lowest BCUT2D eigenvalue weighted by molar-refractivity contribution is -0.147. The monoisotopic (exact) mass is 279 g/mol. The van der Waals surface area contributed by atoms with Gasteiger partial charge in [-0.3, -0.25) is 9.59 Å². The third kappa shape index (κ3) is 3.64. The van der Waals surface area contributed by atoms with Gasteiger partial charge < -0.3 is 15.5 Å². The highest BCUT2D eigenvalue weighted by Gasteiger charge is 2.34. The van der Waals surface area contributed by atoms with Crippen molar-refractivity contribution in [3.05, 3.63) is 35.4 Å². The van der Waals surface area contributed by atoms with E-state index < -0.39 is 29.8 Å². The molecule has 0 heterocycles. The van der Waals surface area contributed by atoms with Crippen molar-refractivity contribution in [2.45, 2.75) is 32.4 Å². The van der Waals surface area contributed by atoms with Gasteiger partial charge in [-0.25, -0.2) is 4.79 Å². The van der Waals surface area contributed by atoms with Crippen LogP contribution in [0.15, 0.2) is 24.3 Å². The highest BCUT2D eigenvalue weighted by molar-refractivity contribution is 6.05. The van der Waals surface area contributed by atoms with E-state index in [-0.39, 0.29) is 0 Å². The second-order valence-corrected chi connectivity index (χ2v) is 4.34. The summed E-state index contributed by atoms with van der Waals surface area (Å²) in [7, 11) is 0. The maximum atomic E-state index is 12.4. The number of carboxylic acids is 1. The van der Waals surface area contributed by atoms with Crippen LogP contribution in [0.5, 0.6) is 0 Å². The normalized spacial score (nSPS) is 13.3. The van der Waals surface area contributed by atoms with Gasteiger partial charge in [0, 0.05) is 12.5 Å². The van der Waals surface area contributed by atoms with Crippen LogP contribution in [0.25, 0.3) is 0 Å². The average Bonchev–Trinajstić information content (AvgIpc) is 2.42. The summed E-state index contributed by atoms with van der Waals surface area (Å²) in [5, 5.41) is 20.6. The zero-order valence-electron chi connectivity index (χ0n) is 11.3. The molecule has 0 saturated heterocycles. The second kappa shape index (κ2) is 6.81. The molecule has 0 aliphatic carbocycles. The number of ketones is 1. The summed E-state index contributed by atoms with van der Waals surface area (Å²) in [6.07, 6.45) is -1.41. The minimum absolute atomic E-state index is 0.300. The number of benzene rings is 1. The number of hydrogen-bond acceptors (Lipinski definition) is 4. The van der Waals surface area contributed by atoms with Crippen LogP contribution in [0.4, 0.5) is 0 Å². The predicted octanol–water partition coefficient (Wildman–Crippen LogP) is 0.382. The number of rotatable bonds is 6. The Morgan fingerprint density at radius 3 is 2.35 bits per heavy atom. The van der Waals surface area contributed by atoms with Crippen LogP contribution in [0.1, 0.15) is 29.8 Å². The number of aliphatic hydroxyl groups is 1. The molecule has 0 aliphatic rings. The van der Waals surface area contributed by atoms with E-state index in [4.69, 9.17) is 5.11 Å². The van der Waals surface area contributed by atoms with Crippen LogP contribution < -0.4 is 5.32 Å². The van der Waals surface area contributed by atoms with E-state index in [1.165, 1.54) is 0 Å². The van der Waals surface area contributed by atoms with Crippen molar-refractivity contribution in [2.24, 2.45) is 0 Å². The molecule has 108 valence electrons. The van der Waals surface area contributed by atoms with Crippen molar-refractivity contribution in [2.75, 3.05) is 0 Å². The molecule has 1 aromatic carbocycles. The number of carboxylic acid groups (broad SMARTS) is 1. The Balaban J connectivity index is 3.16. The molecule has 6 heteroatoms. The molecule has 1 rings (SSSR count). The first-order valence-corrected chi connectivity index (χ1v) is 6.18. The van der Waals surface area contributed by atoms with Gasteiger partial charge in [0.15, 0.2) is 11.9 Å². The fourth-order valence-electron chi connectivity index (χ4n) is 1.89. The number of aliphatic carboxylic acids is 1. The lowest BCUT2D eigenvalue weighted by Crippen LogP contribution is -2.51. The molecule has 2 unspecified atom stereocenters. The van der Waals surface area contributed by atoms with Gasteiger partial charge in [0.25, 0.3) is 0 Å². The molecule has 0 aliphatic heterocycles. The fourth-order valence-corrected chi connectivity index (χ4v) is 1.89. The van der Waals surface area contributed by atoms with Crippen molar-refractivity contribution in [1.29, 1.82) is 0 Å². The zero-order valence-corrected chi connectivity index (χ0v) is 11.3. The van der Waals surface area contributed by atoms with Crippen LogP contribution in [-0.2, 0) is 16.0 Å². The SMILES string of the molecule is CCc1ccccc1C(=O)C(NC(C)=O)C(O)C(=O)O. The Bertz CT molecular complexity index is 526. The highest BCUT2D eigenvalue weighted by Crippen LogP contribution is 2.14. The number of carbonyl (C=O) groups is 3. The molecule has 0 bridgehead atoms. The van der Waals surface area contributed by atoms with E-state index in [0.29, 0.717) is 12.0 Å². The average molecular weight is 279 g/mol. The number of carbonyl (C=O) groups excluding carboxylic acids is 2. The van der Waals surface area contributed by atoms with E-state index in [1.54, 1.807) is 24.3 Å². The summed E-state index contributed by atoms with van der Waals surface area (Å²) >= 11 is 0. The lowest BCUT2D eigenvalue weighted by Gasteiger charge is -2.20. The molecule has 0 radical (unpaired) electrons. The van der Waals surface area contributed by atoms with Gasteiger partial charge in [-0.2, -0.15) is 0 Å². The van der Waals surface area contributed by atoms with Crippen LogP contribution in [0.3, 0.4) is 0 Å². The van der Waals surface area contributed by atoms with Gasteiger partial charge >= 0.3 is 5.97 Å². The summed E-state index contributed by atoms with van der Waals surface area (Å²) in [4.78, 5) is 34.3. The van der Waals surface area contributed by atoms with E-state index in [2.05, 4.69) is 5.32 Å². The van der Waals surface area contributed by atoms with Crippen LogP contribution >= 0.6 is 0 Å². The van der Waals surface area contributed by atoms with Gasteiger partial charge in [0.2, 0.25) is 5.91 Å². The molecule has 0 saturated carbocycles. The molecule has 0 fully saturated rings. The third-order valence-corrected chi connectivity index (χ3v) is 2.87. The van der Waals surface area contributed by atoms with Crippen LogP contribution in [0.2, 0.25) is 0 Å². The van der Waals surface area contributed by atoms with Crippen molar-refractivity contribution < 1.29 is 24.6 Å². The van der Waals surface area contributed by atoms with Crippen molar-refractivity contribution in [3.8, 4) is 0 Å². The topological polar surface area (TPSA) is 104 Å². The first-order chi connectivity index (χ1) is 9.38. The Labute approximate surface area is 116 Å². The molecule has 1 amide bonds. The number of Topliss-reactive ketones (excluding diaryl/α,β-unsaturated/α-hetero) is 1. The van der Waals surface area contributed by atoms with Gasteiger partial charge in [-0.15, -0.1) is 0 Å². The van der Waals surface area contributed by atoms with Gasteiger partial charge in [-0.1, -0.05) is 31.2 Å². The Kier molecular flexibility index (Phi) is 5.40. The smallest absolute Gasteiger partial charge is 0.335 e. The first-order valence-electron chi connectivity index (χ1n) is 6.18. The first kappa shape index (κ1) is 15.8. The number of hydrogen-bond donors (Lipinski definition) is 3. The van der Waals surface area contributed by atoms with E-state index >= 15 is 0 Å². The number of amides is 1. The number of aryl methyl sites for hydroxylation is 1. The fraction of sp³-hybridized carbons (Fsp3) is 0.357. The molecule has 0 spiro atoms. The maximum Gasteiger partial charge on any atom is 0.335 e. The molecule has 3 N–H and O–H groups in total. The zero-order chi connectivity index (χ0) is 15.3. The van der Waals surface area contributed by atoms with Gasteiger partial charge in [-0.05, 0) is 12.0 Å². The summed E-state index contributed by atoms with van der Waals surface area (Å²) in [5.41, 5.74) is 1.03. The number of nitrogens with one attached hydrogen (secondary N) is 1. The molecule has 6 nitrogen and oxygen atoms in total. The van der Waals surface area contributed by atoms with Crippen molar-refractivity contribution in [3.63, 3.8) is 0 Å². The Morgan fingerprint density at radius 1 is 1.25 bits per heavy atom. The van der Waals surface area contributed by atoms with E-state index in [0.717, 1.165) is 12.5 Å². The molecular formula is C14H17NO5. The van der Waals surface area contributed by atoms with Crippen LogP contribution in [0, 0.1) is 0 Å². The molecule has 1 aromatic rings. The number of aliphatic hydroxyl groups excluding tert-OH is 1. The standard InChI is InChI=1S/C14H17NO5/c1-3-9-6-4-5-7-10(9)12(17)11(15-8(2)16)13(18)14(19)20/h4-7,11,13,18H,3H2,1-2H3,(H,15,16)(H,19,20). The third-order valence-electron chi connectivity index (χ3n) is 2.87. The van der Waals surface area contributed by atoms with Crippen LogP contribution in [-0.4, -0.2) is 40.0 Å². The van der Waals surface area contributed by atoms with Gasteiger partial charge in [0.1, 0.15) is 6.04 Å². The highest BCUT2D eigenvalue weighted by atomic mass is 16.4. The largest absolute Gasteiger partial charge is 0.479 e. The minimum atomic E-state index is -1.99. The second-order valence-electron chi connectivity index (χ2n) is 4.34.